The van der Waals surface area contributed by atoms with Crippen LogP contribution >= 0.6 is 0 Å². The van der Waals surface area contributed by atoms with Crippen molar-refractivity contribution in [2.75, 3.05) is 37.9 Å². The van der Waals surface area contributed by atoms with E-state index in [1.165, 1.54) is 5.56 Å². The second-order valence-corrected chi connectivity index (χ2v) is 7.76. The van der Waals surface area contributed by atoms with Crippen molar-refractivity contribution in [2.24, 2.45) is 0 Å². The summed E-state index contributed by atoms with van der Waals surface area (Å²) in [6.45, 7) is 1.82. The molecule has 1 unspecified atom stereocenters. The molecule has 0 radical (unpaired) electrons. The number of carbonyl (C=O) groups is 1. The third-order valence-corrected chi connectivity index (χ3v) is 5.96. The highest BCUT2D eigenvalue weighted by Crippen LogP contribution is 2.29. The average molecular weight is 396 g/mol. The molecular formula is C23H29N3O3. The predicted molar refractivity (Wildman–Crippen MR) is 115 cm³/mol. The fraction of sp³-hybridized carbons (Fsp3) is 0.435. The number of nitrogens with one attached hydrogen (secondary N) is 2. The third-order valence-electron chi connectivity index (χ3n) is 5.96. The monoisotopic (exact) mass is 395 g/mol. The molecule has 1 fully saturated rings. The molecule has 154 valence electrons. The molecule has 2 aromatic carbocycles. The number of fused-ring (bicyclic) bond motifs is 1. The van der Waals surface area contributed by atoms with Gasteiger partial charge < -0.3 is 20.1 Å². The number of aryl methyl sites for hydroxylation is 1. The van der Waals surface area contributed by atoms with Crippen molar-refractivity contribution in [3.8, 4) is 11.5 Å². The van der Waals surface area contributed by atoms with E-state index in [1.807, 2.05) is 36.4 Å². The van der Waals surface area contributed by atoms with Gasteiger partial charge in [-0.05, 0) is 37.3 Å². The normalized spacial score (nSPS) is 20.3. The summed E-state index contributed by atoms with van der Waals surface area (Å²) in [5.41, 5.74) is 3.19. The Balaban J connectivity index is 1.36. The van der Waals surface area contributed by atoms with E-state index in [2.05, 4.69) is 21.6 Å². The zero-order valence-electron chi connectivity index (χ0n) is 17.1. The number of likely N-dealkylation sites (tertiary alicyclic amines) is 1. The third kappa shape index (κ3) is 4.48. The van der Waals surface area contributed by atoms with Gasteiger partial charge in [0, 0.05) is 48.7 Å². The zero-order valence-corrected chi connectivity index (χ0v) is 17.1. The predicted octanol–water partition coefficient (Wildman–Crippen LogP) is 3.53. The second kappa shape index (κ2) is 8.74. The number of methoxy groups -OCH3 is 2. The van der Waals surface area contributed by atoms with Crippen LogP contribution in [0.1, 0.15) is 24.8 Å². The maximum Gasteiger partial charge on any atom is 0.241 e. The molecule has 1 atom stereocenters. The second-order valence-electron chi connectivity index (χ2n) is 7.76. The van der Waals surface area contributed by atoms with Gasteiger partial charge in [-0.25, -0.2) is 0 Å². The topological polar surface area (TPSA) is 62.8 Å². The first-order valence-corrected chi connectivity index (χ1v) is 10.3. The Bertz CT molecular complexity index is 840. The summed E-state index contributed by atoms with van der Waals surface area (Å²) in [5.74, 6) is 1.68. The maximum atomic E-state index is 12.8. The van der Waals surface area contributed by atoms with Crippen LogP contribution in [0.4, 0.5) is 11.4 Å². The van der Waals surface area contributed by atoms with Crippen molar-refractivity contribution in [3.05, 3.63) is 48.0 Å². The Morgan fingerprint density at radius 1 is 1.00 bits per heavy atom. The van der Waals surface area contributed by atoms with E-state index >= 15 is 0 Å². The van der Waals surface area contributed by atoms with Gasteiger partial charge in [0.25, 0.3) is 0 Å². The summed E-state index contributed by atoms with van der Waals surface area (Å²) in [4.78, 5) is 15.1. The summed E-state index contributed by atoms with van der Waals surface area (Å²) in [6, 6.07) is 14.3. The van der Waals surface area contributed by atoms with Crippen LogP contribution in [0.25, 0.3) is 0 Å². The van der Waals surface area contributed by atoms with Gasteiger partial charge in [-0.2, -0.15) is 0 Å². The molecule has 2 aliphatic heterocycles. The fourth-order valence-electron chi connectivity index (χ4n) is 4.33. The van der Waals surface area contributed by atoms with E-state index in [4.69, 9.17) is 9.47 Å². The van der Waals surface area contributed by atoms with Gasteiger partial charge in [-0.15, -0.1) is 0 Å². The van der Waals surface area contributed by atoms with E-state index in [9.17, 15) is 4.79 Å². The SMILES string of the molecule is COc1cc(NC2CCN(C3CCc4ccccc4NC3=O)CC2)cc(OC)c1. The minimum absolute atomic E-state index is 0.0553. The van der Waals surface area contributed by atoms with Gasteiger partial charge in [0.15, 0.2) is 0 Å². The van der Waals surface area contributed by atoms with Crippen molar-refractivity contribution in [1.29, 1.82) is 0 Å². The number of rotatable bonds is 5. The van der Waals surface area contributed by atoms with E-state index < -0.39 is 0 Å². The zero-order chi connectivity index (χ0) is 20.2. The molecule has 29 heavy (non-hydrogen) atoms. The molecule has 6 nitrogen and oxygen atoms in total. The van der Waals surface area contributed by atoms with Crippen LogP contribution in [0, 0.1) is 0 Å². The van der Waals surface area contributed by atoms with E-state index in [-0.39, 0.29) is 11.9 Å². The van der Waals surface area contributed by atoms with Gasteiger partial charge in [-0.3, -0.25) is 9.69 Å². The lowest BCUT2D eigenvalue weighted by molar-refractivity contribution is -0.121. The molecule has 0 aliphatic carbocycles. The van der Waals surface area contributed by atoms with Crippen LogP contribution in [-0.2, 0) is 11.2 Å². The number of nitrogens with zero attached hydrogens (tertiary/aromatic N) is 1. The Morgan fingerprint density at radius 2 is 1.69 bits per heavy atom. The number of para-hydroxylation sites is 1. The minimum Gasteiger partial charge on any atom is -0.497 e. The van der Waals surface area contributed by atoms with Gasteiger partial charge >= 0.3 is 0 Å². The lowest BCUT2D eigenvalue weighted by Gasteiger charge is -2.37. The van der Waals surface area contributed by atoms with Crippen LogP contribution < -0.4 is 20.1 Å². The van der Waals surface area contributed by atoms with Crippen molar-refractivity contribution in [3.63, 3.8) is 0 Å². The largest absolute Gasteiger partial charge is 0.497 e. The molecule has 0 aromatic heterocycles. The Kier molecular flexibility index (Phi) is 5.90. The molecule has 2 N–H and O–H groups in total. The van der Waals surface area contributed by atoms with Gasteiger partial charge in [0.1, 0.15) is 11.5 Å². The standard InChI is InChI=1S/C23H29N3O3/c1-28-19-13-18(14-20(15-19)29-2)24-17-9-11-26(12-10-17)22-8-7-16-5-3-4-6-21(16)25-23(22)27/h3-6,13-15,17,22,24H,7-12H2,1-2H3,(H,25,27). The molecule has 1 saturated heterocycles. The van der Waals surface area contributed by atoms with Gasteiger partial charge in [0.2, 0.25) is 5.91 Å². The average Bonchev–Trinajstić information content (AvgIpc) is 2.92. The molecule has 2 heterocycles. The summed E-state index contributed by atoms with van der Waals surface area (Å²) in [6.07, 6.45) is 3.79. The molecule has 4 rings (SSSR count). The maximum absolute atomic E-state index is 12.8. The molecule has 0 spiro atoms. The quantitative estimate of drug-likeness (QED) is 0.811. The highest BCUT2D eigenvalue weighted by atomic mass is 16.5. The minimum atomic E-state index is -0.0553. The summed E-state index contributed by atoms with van der Waals surface area (Å²) in [5, 5.41) is 6.73. The van der Waals surface area contributed by atoms with E-state index in [0.717, 1.165) is 61.6 Å². The lowest BCUT2D eigenvalue weighted by Crippen LogP contribution is -2.49. The smallest absolute Gasteiger partial charge is 0.241 e. The van der Waals surface area contributed by atoms with Crippen molar-refractivity contribution >= 4 is 17.3 Å². The summed E-state index contributed by atoms with van der Waals surface area (Å²) >= 11 is 0. The Morgan fingerprint density at radius 3 is 2.38 bits per heavy atom. The number of hydrogen-bond donors (Lipinski definition) is 2. The molecule has 2 aromatic rings. The summed E-state index contributed by atoms with van der Waals surface area (Å²) in [7, 11) is 3.32. The highest BCUT2D eigenvalue weighted by molar-refractivity contribution is 5.96. The fourth-order valence-corrected chi connectivity index (χ4v) is 4.33. The van der Waals surface area contributed by atoms with Crippen molar-refractivity contribution in [1.82, 2.24) is 4.90 Å². The first-order valence-electron chi connectivity index (χ1n) is 10.3. The number of benzene rings is 2. The number of anilines is 2. The van der Waals surface area contributed by atoms with Crippen LogP contribution in [0.3, 0.4) is 0 Å². The molecule has 0 saturated carbocycles. The van der Waals surface area contributed by atoms with Crippen LogP contribution in [0.5, 0.6) is 11.5 Å². The van der Waals surface area contributed by atoms with Crippen LogP contribution in [0.15, 0.2) is 42.5 Å². The van der Waals surface area contributed by atoms with Gasteiger partial charge in [-0.1, -0.05) is 18.2 Å². The Labute approximate surface area is 172 Å². The van der Waals surface area contributed by atoms with Crippen LogP contribution in [-0.4, -0.2) is 50.2 Å². The summed E-state index contributed by atoms with van der Waals surface area (Å²) < 4.78 is 10.7. The molecule has 6 heteroatoms. The Hall–Kier alpha value is -2.73. The number of ether oxygens (including phenoxy) is 2. The molecular weight excluding hydrogens is 366 g/mol. The number of carbonyl (C=O) groups excluding carboxylic acids is 1. The lowest BCUT2D eigenvalue weighted by atomic mass is 9.99. The molecule has 0 bridgehead atoms. The highest BCUT2D eigenvalue weighted by Gasteiger charge is 2.31. The van der Waals surface area contributed by atoms with Crippen molar-refractivity contribution < 1.29 is 14.3 Å². The number of amides is 1. The van der Waals surface area contributed by atoms with Crippen molar-refractivity contribution in [2.45, 2.75) is 37.8 Å². The first-order chi connectivity index (χ1) is 14.2. The first kappa shape index (κ1) is 19.6. The molecule has 1 amide bonds. The number of piperidine rings is 1. The van der Waals surface area contributed by atoms with Crippen LogP contribution in [0.2, 0.25) is 0 Å². The number of hydrogen-bond acceptors (Lipinski definition) is 5. The van der Waals surface area contributed by atoms with E-state index in [1.54, 1.807) is 14.2 Å². The van der Waals surface area contributed by atoms with E-state index in [0.29, 0.717) is 6.04 Å². The van der Waals surface area contributed by atoms with Gasteiger partial charge in [0.05, 0.1) is 20.3 Å². The molecule has 2 aliphatic rings.